The van der Waals surface area contributed by atoms with Gasteiger partial charge in [0, 0.05) is 30.9 Å². The van der Waals surface area contributed by atoms with Crippen LogP contribution in [0.25, 0.3) is 10.6 Å². The number of benzene rings is 1. The number of hydrogen-bond acceptors (Lipinski definition) is 7. The lowest BCUT2D eigenvalue weighted by molar-refractivity contribution is -0.137. The predicted octanol–water partition coefficient (Wildman–Crippen LogP) is 5.01. The molecule has 0 saturated carbocycles. The minimum absolute atomic E-state index is 0.0681. The van der Waals surface area contributed by atoms with E-state index >= 15 is 0 Å². The third-order valence-corrected chi connectivity index (χ3v) is 7.56. The third-order valence-electron chi connectivity index (χ3n) is 5.07. The Bertz CT molecular complexity index is 1290. The second-order valence-corrected chi connectivity index (χ2v) is 10.9. The van der Waals surface area contributed by atoms with E-state index in [2.05, 4.69) is 20.2 Å². The van der Waals surface area contributed by atoms with Crippen LogP contribution in [0.2, 0.25) is 5.02 Å². The average molecular weight is 503 g/mol. The van der Waals surface area contributed by atoms with Gasteiger partial charge in [0.1, 0.15) is 5.56 Å². The smallest absolute Gasteiger partial charge is 0.323 e. The maximum Gasteiger partial charge on any atom is 0.420 e. The zero-order chi connectivity index (χ0) is 23.3. The number of halogens is 4. The van der Waals surface area contributed by atoms with Crippen LogP contribution in [0.1, 0.15) is 16.7 Å². The molecule has 1 aromatic carbocycles. The standard InChI is InChI=1S/C20H18ClF3N4O2S2/c1-28-4-3-11-6-16(15(21)5-12(11)9-28)26-19-25-8-14(20(22,23)24)18(27-19)17-7-13(10-31-17)32(2,29)30/h5-8,10H,3-4,9H2,1-2H3,(H,25,26,27). The summed E-state index contributed by atoms with van der Waals surface area (Å²) in [5, 5.41) is 4.60. The monoisotopic (exact) mass is 502 g/mol. The van der Waals surface area contributed by atoms with E-state index in [1.54, 1.807) is 0 Å². The first kappa shape index (κ1) is 23.0. The minimum Gasteiger partial charge on any atom is -0.323 e. The molecule has 0 unspecified atom stereocenters. The van der Waals surface area contributed by atoms with E-state index in [4.69, 9.17) is 11.6 Å². The molecular formula is C20H18ClF3N4O2S2. The van der Waals surface area contributed by atoms with Gasteiger partial charge in [0.25, 0.3) is 0 Å². The topological polar surface area (TPSA) is 75.2 Å². The fraction of sp³-hybridized carbons (Fsp3) is 0.300. The number of nitrogens with one attached hydrogen (secondary N) is 1. The maximum atomic E-state index is 13.6. The van der Waals surface area contributed by atoms with Gasteiger partial charge in [0.05, 0.1) is 26.2 Å². The van der Waals surface area contributed by atoms with E-state index in [-0.39, 0.29) is 15.7 Å². The summed E-state index contributed by atoms with van der Waals surface area (Å²) in [6, 6.07) is 4.87. The third kappa shape index (κ3) is 4.75. The van der Waals surface area contributed by atoms with Gasteiger partial charge in [0.15, 0.2) is 9.84 Å². The Morgan fingerprint density at radius 1 is 1.22 bits per heavy atom. The molecule has 2 aromatic heterocycles. The molecule has 0 radical (unpaired) electrons. The number of hydrogen-bond donors (Lipinski definition) is 1. The molecule has 1 aliphatic rings. The molecule has 3 aromatic rings. The largest absolute Gasteiger partial charge is 0.420 e. The number of fused-ring (bicyclic) bond motifs is 1. The first-order valence-electron chi connectivity index (χ1n) is 9.42. The molecule has 3 heterocycles. The van der Waals surface area contributed by atoms with E-state index in [1.165, 1.54) is 11.4 Å². The van der Waals surface area contributed by atoms with Crippen molar-refractivity contribution in [1.82, 2.24) is 14.9 Å². The zero-order valence-corrected chi connectivity index (χ0v) is 19.4. The Morgan fingerprint density at radius 2 is 1.97 bits per heavy atom. The summed E-state index contributed by atoms with van der Waals surface area (Å²) in [5.41, 5.74) is 1.23. The molecule has 0 fully saturated rings. The molecule has 1 N–H and O–H groups in total. The zero-order valence-electron chi connectivity index (χ0n) is 17.0. The van der Waals surface area contributed by atoms with Crippen molar-refractivity contribution in [2.45, 2.75) is 24.0 Å². The number of sulfone groups is 1. The first-order valence-corrected chi connectivity index (χ1v) is 12.6. The SMILES string of the molecule is CN1CCc2cc(Nc3ncc(C(F)(F)F)c(-c4cc(S(C)(=O)=O)cs4)n3)c(Cl)cc2C1. The lowest BCUT2D eigenvalue weighted by Gasteiger charge is -2.26. The molecule has 0 atom stereocenters. The molecule has 6 nitrogen and oxygen atoms in total. The van der Waals surface area contributed by atoms with Gasteiger partial charge in [-0.25, -0.2) is 18.4 Å². The van der Waals surface area contributed by atoms with E-state index in [1.807, 2.05) is 19.2 Å². The van der Waals surface area contributed by atoms with Crippen LogP contribution in [0.3, 0.4) is 0 Å². The number of rotatable bonds is 4. The molecule has 170 valence electrons. The second-order valence-electron chi connectivity index (χ2n) is 7.59. The number of thiophene rings is 1. The highest BCUT2D eigenvalue weighted by molar-refractivity contribution is 7.90. The Kier molecular flexibility index (Phi) is 5.95. The van der Waals surface area contributed by atoms with Crippen LogP contribution in [0.5, 0.6) is 0 Å². The first-order chi connectivity index (χ1) is 14.9. The van der Waals surface area contributed by atoms with Gasteiger partial charge < -0.3 is 10.2 Å². The fourth-order valence-corrected chi connectivity index (χ4v) is 5.67. The number of aromatic nitrogens is 2. The summed E-state index contributed by atoms with van der Waals surface area (Å²) in [7, 11) is -1.55. The van der Waals surface area contributed by atoms with Crippen LogP contribution in [-0.2, 0) is 29.0 Å². The molecule has 0 saturated heterocycles. The average Bonchev–Trinajstić information content (AvgIpc) is 3.18. The van der Waals surface area contributed by atoms with Crippen LogP contribution in [0.4, 0.5) is 24.8 Å². The Morgan fingerprint density at radius 3 is 2.62 bits per heavy atom. The molecule has 32 heavy (non-hydrogen) atoms. The number of likely N-dealkylation sites (N-methyl/N-ethyl adjacent to an activating group) is 1. The summed E-state index contributed by atoms with van der Waals surface area (Å²) in [6.45, 7) is 1.65. The van der Waals surface area contributed by atoms with Crippen molar-refractivity contribution >= 4 is 44.4 Å². The van der Waals surface area contributed by atoms with Crippen LogP contribution < -0.4 is 5.32 Å². The highest BCUT2D eigenvalue weighted by Crippen LogP contribution is 2.39. The Hall–Kier alpha value is -2.21. The summed E-state index contributed by atoms with van der Waals surface area (Å²) >= 11 is 7.26. The normalized spacial score (nSPS) is 14.9. The molecular weight excluding hydrogens is 485 g/mol. The molecule has 0 amide bonds. The fourth-order valence-electron chi connectivity index (χ4n) is 3.41. The van der Waals surface area contributed by atoms with E-state index in [0.717, 1.165) is 48.2 Å². The van der Waals surface area contributed by atoms with Gasteiger partial charge in [-0.15, -0.1) is 11.3 Å². The highest BCUT2D eigenvalue weighted by Gasteiger charge is 2.36. The van der Waals surface area contributed by atoms with E-state index in [0.29, 0.717) is 16.9 Å². The quantitative estimate of drug-likeness (QED) is 0.540. The van der Waals surface area contributed by atoms with Crippen molar-refractivity contribution in [3.63, 3.8) is 0 Å². The van der Waals surface area contributed by atoms with Gasteiger partial charge >= 0.3 is 6.18 Å². The molecule has 0 aliphatic carbocycles. The van der Waals surface area contributed by atoms with Gasteiger partial charge in [0.2, 0.25) is 5.95 Å². The van der Waals surface area contributed by atoms with E-state index < -0.39 is 27.3 Å². The van der Waals surface area contributed by atoms with Crippen molar-refractivity contribution in [2.24, 2.45) is 0 Å². The summed E-state index contributed by atoms with van der Waals surface area (Å²) in [4.78, 5) is 10.1. The summed E-state index contributed by atoms with van der Waals surface area (Å²) in [6.07, 6.45) is -2.21. The van der Waals surface area contributed by atoms with Crippen LogP contribution >= 0.6 is 22.9 Å². The summed E-state index contributed by atoms with van der Waals surface area (Å²) < 4.78 is 64.3. The lowest BCUT2D eigenvalue weighted by atomic mass is 9.99. The van der Waals surface area contributed by atoms with Crippen LogP contribution in [0, 0.1) is 0 Å². The van der Waals surface area contributed by atoms with Gasteiger partial charge in [-0.3, -0.25) is 0 Å². The lowest BCUT2D eigenvalue weighted by Crippen LogP contribution is -2.26. The van der Waals surface area contributed by atoms with Crippen LogP contribution in [-0.4, -0.2) is 43.1 Å². The second kappa shape index (κ2) is 8.29. The minimum atomic E-state index is -4.71. The van der Waals surface area contributed by atoms with Crippen molar-refractivity contribution < 1.29 is 21.6 Å². The number of anilines is 2. The maximum absolute atomic E-state index is 13.6. The molecule has 12 heteroatoms. The molecule has 1 aliphatic heterocycles. The van der Waals surface area contributed by atoms with Crippen molar-refractivity contribution in [3.8, 4) is 10.6 Å². The van der Waals surface area contributed by atoms with Crippen molar-refractivity contribution in [1.29, 1.82) is 0 Å². The Balaban J connectivity index is 1.74. The number of alkyl halides is 3. The summed E-state index contributed by atoms with van der Waals surface area (Å²) in [5.74, 6) is -0.0721. The predicted molar refractivity (Wildman–Crippen MR) is 118 cm³/mol. The molecule has 4 rings (SSSR count). The van der Waals surface area contributed by atoms with Gasteiger partial charge in [-0.05, 0) is 42.8 Å². The number of nitrogens with zero attached hydrogens (tertiary/aromatic N) is 3. The van der Waals surface area contributed by atoms with Crippen molar-refractivity contribution in [3.05, 3.63) is 51.5 Å². The molecule has 0 spiro atoms. The Labute approximate surface area is 192 Å². The van der Waals surface area contributed by atoms with Gasteiger partial charge in [-0.2, -0.15) is 13.2 Å². The molecule has 0 bridgehead atoms. The highest BCUT2D eigenvalue weighted by atomic mass is 35.5. The van der Waals surface area contributed by atoms with E-state index in [9.17, 15) is 21.6 Å². The van der Waals surface area contributed by atoms with Crippen LogP contribution in [0.15, 0.2) is 34.7 Å². The van der Waals surface area contributed by atoms with Crippen molar-refractivity contribution in [2.75, 3.05) is 25.2 Å². The van der Waals surface area contributed by atoms with Gasteiger partial charge in [-0.1, -0.05) is 11.6 Å².